The molecule has 2 heterocycles. The van der Waals surface area contributed by atoms with Crippen LogP contribution in [-0.2, 0) is 4.79 Å². The summed E-state index contributed by atoms with van der Waals surface area (Å²) in [5.74, 6) is 0.689. The van der Waals surface area contributed by atoms with E-state index in [1.807, 2.05) is 41.8 Å². The van der Waals surface area contributed by atoms with E-state index in [0.29, 0.717) is 5.57 Å². The molecule has 0 unspecified atom stereocenters. The summed E-state index contributed by atoms with van der Waals surface area (Å²) in [5.41, 5.74) is 2.42. The maximum absolute atomic E-state index is 11.9. The summed E-state index contributed by atoms with van der Waals surface area (Å²) >= 11 is 1.61. The molecular weight excluding hydrogens is 246 g/mol. The third-order valence-corrected chi connectivity index (χ3v) is 3.66. The molecule has 1 amide bonds. The number of thiophene rings is 1. The molecular formula is C14H11NO2S. The van der Waals surface area contributed by atoms with Crippen LogP contribution in [0.3, 0.4) is 0 Å². The molecule has 0 radical (unpaired) electrons. The van der Waals surface area contributed by atoms with Gasteiger partial charge >= 0.3 is 0 Å². The van der Waals surface area contributed by atoms with Gasteiger partial charge in [-0.3, -0.25) is 4.79 Å². The van der Waals surface area contributed by atoms with Crippen LogP contribution in [0.1, 0.15) is 10.4 Å². The maximum Gasteiger partial charge on any atom is 0.256 e. The van der Waals surface area contributed by atoms with E-state index in [-0.39, 0.29) is 5.91 Å². The van der Waals surface area contributed by atoms with Crippen molar-refractivity contribution in [1.29, 1.82) is 0 Å². The lowest BCUT2D eigenvalue weighted by atomic mass is 10.1. The van der Waals surface area contributed by atoms with E-state index in [9.17, 15) is 4.79 Å². The highest BCUT2D eigenvalue weighted by Gasteiger charge is 2.24. The topological polar surface area (TPSA) is 38.3 Å². The highest BCUT2D eigenvalue weighted by molar-refractivity contribution is 7.11. The van der Waals surface area contributed by atoms with Crippen LogP contribution in [0.2, 0.25) is 0 Å². The minimum atomic E-state index is -0.0633. The second-order valence-electron chi connectivity index (χ2n) is 3.94. The molecule has 0 aliphatic carbocycles. The van der Waals surface area contributed by atoms with E-state index in [2.05, 4.69) is 5.32 Å². The Morgan fingerprint density at radius 1 is 1.33 bits per heavy atom. The number of anilines is 1. The number of ether oxygens (including phenoxy) is 1. The number of benzene rings is 1. The average Bonchev–Trinajstić information content (AvgIpc) is 2.99. The predicted molar refractivity (Wildman–Crippen MR) is 73.8 cm³/mol. The molecule has 0 spiro atoms. The Morgan fingerprint density at radius 2 is 2.22 bits per heavy atom. The van der Waals surface area contributed by atoms with E-state index >= 15 is 0 Å². The highest BCUT2D eigenvalue weighted by atomic mass is 32.1. The van der Waals surface area contributed by atoms with Crippen LogP contribution in [0, 0.1) is 0 Å². The van der Waals surface area contributed by atoms with E-state index in [1.54, 1.807) is 18.4 Å². The lowest BCUT2D eigenvalue weighted by molar-refractivity contribution is -0.110. The first-order valence-corrected chi connectivity index (χ1v) is 6.41. The van der Waals surface area contributed by atoms with Crippen LogP contribution >= 0.6 is 11.3 Å². The third kappa shape index (κ3) is 1.80. The van der Waals surface area contributed by atoms with Crippen molar-refractivity contribution in [2.24, 2.45) is 0 Å². The van der Waals surface area contributed by atoms with Crippen LogP contribution in [0.5, 0.6) is 5.75 Å². The number of carbonyl (C=O) groups is 1. The summed E-state index contributed by atoms with van der Waals surface area (Å²) in [5, 5.41) is 4.84. The fourth-order valence-electron chi connectivity index (χ4n) is 1.95. The monoisotopic (exact) mass is 257 g/mol. The van der Waals surface area contributed by atoms with Gasteiger partial charge in [-0.1, -0.05) is 6.07 Å². The van der Waals surface area contributed by atoms with Gasteiger partial charge in [-0.15, -0.1) is 11.3 Å². The molecule has 3 nitrogen and oxygen atoms in total. The van der Waals surface area contributed by atoms with Crippen LogP contribution in [-0.4, -0.2) is 13.0 Å². The number of carbonyl (C=O) groups excluding carboxylic acids is 1. The smallest absolute Gasteiger partial charge is 0.256 e. The predicted octanol–water partition coefficient (Wildman–Crippen LogP) is 3.25. The van der Waals surface area contributed by atoms with Crippen molar-refractivity contribution in [2.45, 2.75) is 0 Å². The lowest BCUT2D eigenvalue weighted by Crippen LogP contribution is -2.03. The summed E-state index contributed by atoms with van der Waals surface area (Å²) in [6.45, 7) is 0. The molecule has 0 bridgehead atoms. The Balaban J connectivity index is 2.10. The summed E-state index contributed by atoms with van der Waals surface area (Å²) in [6, 6.07) is 9.54. The van der Waals surface area contributed by atoms with Crippen molar-refractivity contribution in [2.75, 3.05) is 12.4 Å². The number of hydrogen-bond donors (Lipinski definition) is 1. The largest absolute Gasteiger partial charge is 0.497 e. The van der Waals surface area contributed by atoms with Crippen LogP contribution in [0.4, 0.5) is 5.69 Å². The summed E-state index contributed by atoms with van der Waals surface area (Å²) in [7, 11) is 1.62. The van der Waals surface area contributed by atoms with Crippen molar-refractivity contribution in [1.82, 2.24) is 0 Å². The Labute approximate surface area is 109 Å². The molecule has 0 saturated carbocycles. The molecule has 3 rings (SSSR count). The molecule has 1 N–H and O–H groups in total. The van der Waals surface area contributed by atoms with E-state index < -0.39 is 0 Å². The Hall–Kier alpha value is -2.07. The summed E-state index contributed by atoms with van der Waals surface area (Å²) < 4.78 is 5.19. The summed E-state index contributed by atoms with van der Waals surface area (Å²) in [4.78, 5) is 13.0. The van der Waals surface area contributed by atoms with Crippen molar-refractivity contribution < 1.29 is 9.53 Å². The minimum absolute atomic E-state index is 0.0633. The van der Waals surface area contributed by atoms with Gasteiger partial charge in [0.1, 0.15) is 5.75 Å². The molecule has 1 aliphatic rings. The maximum atomic E-state index is 11.9. The van der Waals surface area contributed by atoms with Gasteiger partial charge in [-0.05, 0) is 35.7 Å². The lowest BCUT2D eigenvalue weighted by Gasteiger charge is -2.02. The first kappa shape index (κ1) is 11.0. The normalized spacial score (nSPS) is 15.6. The second-order valence-corrected chi connectivity index (χ2v) is 4.92. The van der Waals surface area contributed by atoms with Crippen LogP contribution in [0.25, 0.3) is 11.6 Å². The van der Waals surface area contributed by atoms with Gasteiger partial charge in [-0.2, -0.15) is 0 Å². The van der Waals surface area contributed by atoms with E-state index in [0.717, 1.165) is 21.9 Å². The van der Waals surface area contributed by atoms with Gasteiger partial charge in [0.25, 0.3) is 5.91 Å². The second kappa shape index (κ2) is 4.31. The van der Waals surface area contributed by atoms with Crippen LogP contribution in [0.15, 0.2) is 35.7 Å². The van der Waals surface area contributed by atoms with Gasteiger partial charge in [0.05, 0.1) is 12.7 Å². The van der Waals surface area contributed by atoms with Crippen molar-refractivity contribution in [3.63, 3.8) is 0 Å². The van der Waals surface area contributed by atoms with E-state index in [1.165, 1.54) is 0 Å². The molecule has 1 aliphatic heterocycles. The SMILES string of the molecule is COc1ccc2c(c1)/C(=C\c1cccs1)C(=O)N2. The Morgan fingerprint density at radius 3 is 2.94 bits per heavy atom. The Bertz CT molecular complexity index is 629. The van der Waals surface area contributed by atoms with Gasteiger partial charge in [0.15, 0.2) is 0 Å². The molecule has 0 fully saturated rings. The number of rotatable bonds is 2. The molecule has 4 heteroatoms. The zero-order valence-corrected chi connectivity index (χ0v) is 10.6. The third-order valence-electron chi connectivity index (χ3n) is 2.84. The van der Waals surface area contributed by atoms with Crippen molar-refractivity contribution >= 4 is 34.6 Å². The molecule has 2 aromatic rings. The zero-order chi connectivity index (χ0) is 12.5. The number of fused-ring (bicyclic) bond motifs is 1. The quantitative estimate of drug-likeness (QED) is 0.839. The summed E-state index contributed by atoms with van der Waals surface area (Å²) in [6.07, 6.45) is 1.91. The molecule has 1 aromatic carbocycles. The standard InChI is InChI=1S/C14H11NO2S/c1-17-9-4-5-13-11(7-9)12(14(16)15-13)8-10-3-2-6-18-10/h2-8H,1H3,(H,15,16)/b12-8+. The van der Waals surface area contributed by atoms with Crippen molar-refractivity contribution in [3.8, 4) is 5.75 Å². The number of amides is 1. The zero-order valence-electron chi connectivity index (χ0n) is 9.77. The first-order chi connectivity index (χ1) is 8.78. The average molecular weight is 257 g/mol. The Kier molecular flexibility index (Phi) is 2.64. The molecule has 18 heavy (non-hydrogen) atoms. The molecule has 0 saturated heterocycles. The fourth-order valence-corrected chi connectivity index (χ4v) is 2.61. The van der Waals surface area contributed by atoms with Crippen LogP contribution < -0.4 is 10.1 Å². The first-order valence-electron chi connectivity index (χ1n) is 5.53. The van der Waals surface area contributed by atoms with E-state index in [4.69, 9.17) is 4.74 Å². The number of methoxy groups -OCH3 is 1. The van der Waals surface area contributed by atoms with Gasteiger partial charge in [-0.25, -0.2) is 0 Å². The number of nitrogens with one attached hydrogen (secondary N) is 1. The van der Waals surface area contributed by atoms with Crippen molar-refractivity contribution in [3.05, 3.63) is 46.2 Å². The molecule has 90 valence electrons. The van der Waals surface area contributed by atoms with Gasteiger partial charge in [0.2, 0.25) is 0 Å². The molecule has 1 aromatic heterocycles. The fraction of sp³-hybridized carbons (Fsp3) is 0.0714. The molecule has 0 atom stereocenters. The van der Waals surface area contributed by atoms with Gasteiger partial charge < -0.3 is 10.1 Å². The van der Waals surface area contributed by atoms with Gasteiger partial charge in [0, 0.05) is 16.1 Å². The minimum Gasteiger partial charge on any atom is -0.497 e. The number of hydrogen-bond acceptors (Lipinski definition) is 3. The highest BCUT2D eigenvalue weighted by Crippen LogP contribution is 2.35.